The first-order chi connectivity index (χ1) is 6.54. The maximum atomic E-state index is 12.1. The molecule has 0 aliphatic carbocycles. The quantitative estimate of drug-likeness (QED) is 0.570. The van der Waals surface area contributed by atoms with E-state index in [1.165, 1.54) is 4.68 Å². The van der Waals surface area contributed by atoms with Crippen molar-refractivity contribution in [2.75, 3.05) is 5.88 Å². The molecule has 1 aromatic heterocycles. The summed E-state index contributed by atoms with van der Waals surface area (Å²) in [7, 11) is 0. The minimum atomic E-state index is -4.32. The summed E-state index contributed by atoms with van der Waals surface area (Å²) < 4.78 is 37.5. The standard InChI is InChI=1S/C8H8ClF3N2/c9-3-1-2-4-14-6-7(5-13-14)8(10,11)12/h1-2,5-6H,3-4H2. The van der Waals surface area contributed by atoms with Gasteiger partial charge in [0.2, 0.25) is 0 Å². The Labute approximate surface area is 84.0 Å². The number of allylic oxidation sites excluding steroid dienone is 2. The van der Waals surface area contributed by atoms with Gasteiger partial charge in [-0.3, -0.25) is 4.68 Å². The predicted octanol–water partition coefficient (Wildman–Crippen LogP) is 2.70. The molecule has 0 amide bonds. The van der Waals surface area contributed by atoms with E-state index < -0.39 is 11.7 Å². The summed E-state index contributed by atoms with van der Waals surface area (Å²) in [6, 6.07) is 0. The fourth-order valence-electron chi connectivity index (χ4n) is 0.855. The van der Waals surface area contributed by atoms with Crippen LogP contribution < -0.4 is 0 Å². The third-order valence-corrected chi connectivity index (χ3v) is 1.69. The van der Waals surface area contributed by atoms with Gasteiger partial charge in [-0.25, -0.2) is 0 Å². The van der Waals surface area contributed by atoms with Crippen LogP contribution in [0.15, 0.2) is 24.5 Å². The molecule has 1 heterocycles. The third-order valence-electron chi connectivity index (χ3n) is 1.51. The fourth-order valence-corrected chi connectivity index (χ4v) is 0.981. The number of halogens is 4. The second-order valence-electron chi connectivity index (χ2n) is 2.57. The van der Waals surface area contributed by atoms with Crippen LogP contribution in [0.4, 0.5) is 13.2 Å². The molecule has 14 heavy (non-hydrogen) atoms. The average Bonchev–Trinajstić information content (AvgIpc) is 2.52. The number of nitrogens with zero attached hydrogens (tertiary/aromatic N) is 2. The summed E-state index contributed by atoms with van der Waals surface area (Å²) in [6.45, 7) is 0.294. The zero-order chi connectivity index (χ0) is 10.6. The van der Waals surface area contributed by atoms with Crippen LogP contribution >= 0.6 is 11.6 Å². The lowest BCUT2D eigenvalue weighted by Gasteiger charge is -2.00. The molecule has 0 saturated heterocycles. The van der Waals surface area contributed by atoms with E-state index in [0.717, 1.165) is 12.4 Å². The number of hydrogen-bond donors (Lipinski definition) is 0. The highest BCUT2D eigenvalue weighted by Gasteiger charge is 2.31. The first kappa shape index (κ1) is 11.1. The molecule has 0 radical (unpaired) electrons. The smallest absolute Gasteiger partial charge is 0.268 e. The van der Waals surface area contributed by atoms with Gasteiger partial charge in [0.25, 0.3) is 0 Å². The third kappa shape index (κ3) is 3.06. The van der Waals surface area contributed by atoms with Gasteiger partial charge in [0.1, 0.15) is 0 Å². The zero-order valence-corrected chi connectivity index (χ0v) is 7.89. The zero-order valence-electron chi connectivity index (χ0n) is 7.13. The molecule has 0 bridgehead atoms. The van der Waals surface area contributed by atoms with Gasteiger partial charge >= 0.3 is 6.18 Å². The maximum Gasteiger partial charge on any atom is 0.419 e. The molecular formula is C8H8ClF3N2. The van der Waals surface area contributed by atoms with Gasteiger partial charge in [-0.1, -0.05) is 12.2 Å². The molecule has 0 N–H and O–H groups in total. The Morgan fingerprint density at radius 2 is 2.14 bits per heavy atom. The Bertz CT molecular complexity index is 317. The number of alkyl halides is 4. The molecule has 0 fully saturated rings. The van der Waals surface area contributed by atoms with Crippen LogP contribution in [0.1, 0.15) is 5.56 Å². The fraction of sp³-hybridized carbons (Fsp3) is 0.375. The van der Waals surface area contributed by atoms with Crippen LogP contribution in [0.5, 0.6) is 0 Å². The van der Waals surface area contributed by atoms with Gasteiger partial charge in [0.05, 0.1) is 18.3 Å². The van der Waals surface area contributed by atoms with Crippen molar-refractivity contribution < 1.29 is 13.2 Å². The molecule has 6 heteroatoms. The minimum absolute atomic E-state index is 0.294. The summed E-state index contributed by atoms with van der Waals surface area (Å²) in [5.74, 6) is 0.341. The molecule has 78 valence electrons. The van der Waals surface area contributed by atoms with Gasteiger partial charge in [-0.2, -0.15) is 18.3 Å². The Morgan fingerprint density at radius 1 is 1.43 bits per heavy atom. The number of rotatable bonds is 3. The second-order valence-corrected chi connectivity index (χ2v) is 2.88. The van der Waals surface area contributed by atoms with Crippen molar-refractivity contribution in [3.8, 4) is 0 Å². The van der Waals surface area contributed by atoms with Crippen molar-refractivity contribution >= 4 is 11.6 Å². The first-order valence-corrected chi connectivity index (χ1v) is 4.38. The van der Waals surface area contributed by atoms with E-state index in [2.05, 4.69) is 5.10 Å². The maximum absolute atomic E-state index is 12.1. The average molecular weight is 225 g/mol. The lowest BCUT2D eigenvalue weighted by molar-refractivity contribution is -0.137. The van der Waals surface area contributed by atoms with E-state index in [4.69, 9.17) is 11.6 Å². The molecule has 0 saturated carbocycles. The lowest BCUT2D eigenvalue weighted by atomic mass is 10.4. The van der Waals surface area contributed by atoms with E-state index in [1.54, 1.807) is 12.2 Å². The largest absolute Gasteiger partial charge is 0.419 e. The SMILES string of the molecule is FC(F)(F)c1cnn(CC=CCCl)c1. The Balaban J connectivity index is 2.64. The summed E-state index contributed by atoms with van der Waals surface area (Å²) in [6.07, 6.45) is 0.734. The van der Waals surface area contributed by atoms with Gasteiger partial charge in [0.15, 0.2) is 0 Å². The van der Waals surface area contributed by atoms with Gasteiger partial charge < -0.3 is 0 Å². The van der Waals surface area contributed by atoms with Crippen LogP contribution in [-0.2, 0) is 12.7 Å². The highest BCUT2D eigenvalue weighted by molar-refractivity contribution is 6.18. The van der Waals surface area contributed by atoms with Crippen molar-refractivity contribution in [2.45, 2.75) is 12.7 Å². The van der Waals surface area contributed by atoms with Gasteiger partial charge in [-0.05, 0) is 0 Å². The first-order valence-electron chi connectivity index (χ1n) is 3.84. The van der Waals surface area contributed by atoms with Crippen molar-refractivity contribution in [1.82, 2.24) is 9.78 Å². The molecule has 0 unspecified atom stereocenters. The normalized spacial score (nSPS) is 12.6. The van der Waals surface area contributed by atoms with E-state index in [9.17, 15) is 13.2 Å². The Hall–Kier alpha value is -0.970. The van der Waals surface area contributed by atoms with Crippen LogP contribution in [0, 0.1) is 0 Å². The molecule has 0 atom stereocenters. The van der Waals surface area contributed by atoms with Gasteiger partial charge in [0, 0.05) is 12.1 Å². The van der Waals surface area contributed by atoms with Crippen molar-refractivity contribution in [3.05, 3.63) is 30.1 Å². The number of hydrogen-bond acceptors (Lipinski definition) is 1. The Kier molecular flexibility index (Phi) is 3.57. The van der Waals surface area contributed by atoms with E-state index >= 15 is 0 Å². The molecule has 1 aromatic rings. The summed E-state index contributed by atoms with van der Waals surface area (Å²) in [5, 5.41) is 3.56. The van der Waals surface area contributed by atoms with Crippen LogP contribution in [0.25, 0.3) is 0 Å². The molecule has 2 nitrogen and oxygen atoms in total. The topological polar surface area (TPSA) is 17.8 Å². The van der Waals surface area contributed by atoms with Crippen LogP contribution in [-0.4, -0.2) is 15.7 Å². The molecule has 0 aromatic carbocycles. The monoisotopic (exact) mass is 224 g/mol. The minimum Gasteiger partial charge on any atom is -0.268 e. The van der Waals surface area contributed by atoms with Gasteiger partial charge in [-0.15, -0.1) is 11.6 Å². The summed E-state index contributed by atoms with van der Waals surface area (Å²) in [5.41, 5.74) is -0.739. The van der Waals surface area contributed by atoms with Crippen molar-refractivity contribution in [3.63, 3.8) is 0 Å². The van der Waals surface area contributed by atoms with Crippen molar-refractivity contribution in [2.24, 2.45) is 0 Å². The highest BCUT2D eigenvalue weighted by Crippen LogP contribution is 2.28. The predicted molar refractivity (Wildman–Crippen MR) is 47.1 cm³/mol. The van der Waals surface area contributed by atoms with E-state index in [1.807, 2.05) is 0 Å². The summed E-state index contributed by atoms with van der Waals surface area (Å²) in [4.78, 5) is 0. The van der Waals surface area contributed by atoms with Crippen LogP contribution in [0.2, 0.25) is 0 Å². The van der Waals surface area contributed by atoms with E-state index in [0.29, 0.717) is 12.4 Å². The lowest BCUT2D eigenvalue weighted by Crippen LogP contribution is -2.03. The number of aromatic nitrogens is 2. The second kappa shape index (κ2) is 4.50. The molecule has 0 aliphatic heterocycles. The molecule has 1 rings (SSSR count). The highest BCUT2D eigenvalue weighted by atomic mass is 35.5. The molecular weight excluding hydrogens is 217 g/mol. The van der Waals surface area contributed by atoms with E-state index in [-0.39, 0.29) is 0 Å². The Morgan fingerprint density at radius 3 is 2.64 bits per heavy atom. The van der Waals surface area contributed by atoms with Crippen molar-refractivity contribution in [1.29, 1.82) is 0 Å². The van der Waals surface area contributed by atoms with Crippen LogP contribution in [0.3, 0.4) is 0 Å². The molecule has 0 aliphatic rings. The summed E-state index contributed by atoms with van der Waals surface area (Å²) >= 11 is 5.35. The molecule has 0 spiro atoms.